The van der Waals surface area contributed by atoms with Gasteiger partial charge in [0.25, 0.3) is 0 Å². The molecule has 0 bridgehead atoms. The van der Waals surface area contributed by atoms with Crippen molar-refractivity contribution in [2.24, 2.45) is 0 Å². The van der Waals surface area contributed by atoms with Crippen molar-refractivity contribution in [3.05, 3.63) is 57.2 Å². The van der Waals surface area contributed by atoms with Gasteiger partial charge in [-0.3, -0.25) is 0 Å². The normalized spacial score (nSPS) is 10.3. The molecule has 0 saturated carbocycles. The van der Waals surface area contributed by atoms with Crippen LogP contribution in [0.3, 0.4) is 0 Å². The van der Waals surface area contributed by atoms with Crippen molar-refractivity contribution < 1.29 is 0 Å². The summed E-state index contributed by atoms with van der Waals surface area (Å²) in [6.45, 7) is 0.630. The molecule has 1 heterocycles. The van der Waals surface area contributed by atoms with Crippen molar-refractivity contribution >= 4 is 40.6 Å². The van der Waals surface area contributed by atoms with E-state index in [1.807, 2.05) is 24.3 Å². The lowest BCUT2D eigenvalue weighted by molar-refractivity contribution is 1.11. The van der Waals surface area contributed by atoms with Crippen LogP contribution in [-0.4, -0.2) is 4.98 Å². The fraction of sp³-hybridized carbons (Fsp3) is 0.0833. The maximum Gasteiger partial charge on any atom is 0.145 e. The Morgan fingerprint density at radius 2 is 1.71 bits per heavy atom. The molecule has 0 aliphatic carbocycles. The molecule has 0 fully saturated rings. The van der Waals surface area contributed by atoms with Crippen molar-refractivity contribution in [2.75, 3.05) is 5.32 Å². The molecule has 1 aromatic carbocycles. The third kappa shape index (κ3) is 3.50. The smallest absolute Gasteiger partial charge is 0.145 e. The summed E-state index contributed by atoms with van der Waals surface area (Å²) in [5.41, 5.74) is 1.10. The number of benzene rings is 1. The van der Waals surface area contributed by atoms with Crippen LogP contribution >= 0.6 is 34.8 Å². The summed E-state index contributed by atoms with van der Waals surface area (Å²) in [5, 5.41) is 4.88. The minimum atomic E-state index is 0.506. The molecule has 0 radical (unpaired) electrons. The number of halogens is 3. The highest BCUT2D eigenvalue weighted by molar-refractivity contribution is 6.35. The third-order valence-corrected chi connectivity index (χ3v) is 2.93. The maximum absolute atomic E-state index is 5.99. The Morgan fingerprint density at radius 1 is 1.00 bits per heavy atom. The second-order valence-electron chi connectivity index (χ2n) is 3.46. The largest absolute Gasteiger partial charge is 0.365 e. The van der Waals surface area contributed by atoms with Gasteiger partial charge >= 0.3 is 0 Å². The first kappa shape index (κ1) is 12.5. The zero-order valence-corrected chi connectivity index (χ0v) is 11.0. The van der Waals surface area contributed by atoms with Crippen molar-refractivity contribution in [1.29, 1.82) is 0 Å². The number of hydrogen-bond donors (Lipinski definition) is 1. The Hall–Kier alpha value is -0.960. The van der Waals surface area contributed by atoms with E-state index in [4.69, 9.17) is 34.8 Å². The van der Waals surface area contributed by atoms with Crippen molar-refractivity contribution in [2.45, 2.75) is 6.54 Å². The molecule has 0 atom stereocenters. The van der Waals surface area contributed by atoms with Crippen molar-refractivity contribution in [3.63, 3.8) is 0 Å². The predicted octanol–water partition coefficient (Wildman–Crippen LogP) is 4.65. The van der Waals surface area contributed by atoms with Crippen LogP contribution in [0.4, 0.5) is 5.82 Å². The summed E-state index contributed by atoms with van der Waals surface area (Å²) < 4.78 is 0. The number of aromatic nitrogens is 1. The first-order chi connectivity index (χ1) is 8.15. The molecule has 2 aromatic rings. The van der Waals surface area contributed by atoms with Gasteiger partial charge in [-0.25, -0.2) is 4.98 Å². The summed E-state index contributed by atoms with van der Waals surface area (Å²) in [6.07, 6.45) is 1.55. The predicted molar refractivity (Wildman–Crippen MR) is 73.0 cm³/mol. The van der Waals surface area contributed by atoms with E-state index in [9.17, 15) is 0 Å². The van der Waals surface area contributed by atoms with Crippen LogP contribution in [0, 0.1) is 0 Å². The SMILES string of the molecule is Clc1ccc(CNc2ncc(Cl)cc2Cl)cc1. The van der Waals surface area contributed by atoms with Crippen LogP contribution in [0.15, 0.2) is 36.5 Å². The van der Waals surface area contributed by atoms with E-state index in [-0.39, 0.29) is 0 Å². The summed E-state index contributed by atoms with van der Waals surface area (Å²) in [6, 6.07) is 9.23. The van der Waals surface area contributed by atoms with E-state index in [1.54, 1.807) is 12.3 Å². The van der Waals surface area contributed by atoms with E-state index in [1.165, 1.54) is 0 Å². The minimum absolute atomic E-state index is 0.506. The Kier molecular flexibility index (Phi) is 4.11. The highest BCUT2D eigenvalue weighted by Crippen LogP contribution is 2.23. The van der Waals surface area contributed by atoms with Crippen LogP contribution in [0.25, 0.3) is 0 Å². The van der Waals surface area contributed by atoms with Crippen LogP contribution < -0.4 is 5.32 Å². The summed E-state index contributed by atoms with van der Waals surface area (Å²) in [7, 11) is 0. The van der Waals surface area contributed by atoms with Crippen molar-refractivity contribution in [3.8, 4) is 0 Å². The van der Waals surface area contributed by atoms with Gasteiger partial charge in [0.1, 0.15) is 5.82 Å². The Labute approximate surface area is 115 Å². The lowest BCUT2D eigenvalue weighted by atomic mass is 10.2. The van der Waals surface area contributed by atoms with Gasteiger partial charge in [0.15, 0.2) is 0 Å². The first-order valence-electron chi connectivity index (χ1n) is 4.94. The summed E-state index contributed by atoms with van der Waals surface area (Å²) >= 11 is 17.6. The van der Waals surface area contributed by atoms with E-state index in [2.05, 4.69) is 10.3 Å². The molecule has 0 spiro atoms. The highest BCUT2D eigenvalue weighted by atomic mass is 35.5. The maximum atomic E-state index is 5.99. The summed E-state index contributed by atoms with van der Waals surface area (Å²) in [4.78, 5) is 4.11. The fourth-order valence-corrected chi connectivity index (χ4v) is 1.91. The Morgan fingerprint density at radius 3 is 2.35 bits per heavy atom. The molecule has 2 rings (SSSR count). The number of pyridine rings is 1. The van der Waals surface area contributed by atoms with Gasteiger partial charge in [-0.1, -0.05) is 46.9 Å². The standard InChI is InChI=1S/C12H9Cl3N2/c13-9-3-1-8(2-4-9)6-16-12-11(15)5-10(14)7-17-12/h1-5,7H,6H2,(H,16,17). The molecule has 0 amide bonds. The molecule has 0 aliphatic heterocycles. The molecule has 88 valence electrons. The zero-order chi connectivity index (χ0) is 12.3. The van der Waals surface area contributed by atoms with E-state index in [0.29, 0.717) is 22.4 Å². The lowest BCUT2D eigenvalue weighted by Gasteiger charge is -2.07. The molecule has 0 saturated heterocycles. The molecule has 0 unspecified atom stereocenters. The third-order valence-electron chi connectivity index (χ3n) is 2.18. The lowest BCUT2D eigenvalue weighted by Crippen LogP contribution is -2.01. The molecule has 0 aliphatic rings. The van der Waals surface area contributed by atoms with Gasteiger partial charge in [0, 0.05) is 17.8 Å². The summed E-state index contributed by atoms with van der Waals surface area (Å²) in [5.74, 6) is 0.617. The van der Waals surface area contributed by atoms with Crippen LogP contribution in [0.1, 0.15) is 5.56 Å². The van der Waals surface area contributed by atoms with Gasteiger partial charge in [-0.15, -0.1) is 0 Å². The van der Waals surface area contributed by atoms with Gasteiger partial charge < -0.3 is 5.32 Å². The van der Waals surface area contributed by atoms with E-state index in [0.717, 1.165) is 10.6 Å². The molecule has 17 heavy (non-hydrogen) atoms. The van der Waals surface area contributed by atoms with Crippen LogP contribution in [0.2, 0.25) is 15.1 Å². The second kappa shape index (κ2) is 5.58. The quantitative estimate of drug-likeness (QED) is 0.888. The molecule has 2 nitrogen and oxygen atoms in total. The molecular formula is C12H9Cl3N2. The number of hydrogen-bond acceptors (Lipinski definition) is 2. The molecule has 5 heteroatoms. The molecular weight excluding hydrogens is 279 g/mol. The molecule has 1 aromatic heterocycles. The second-order valence-corrected chi connectivity index (χ2v) is 4.74. The van der Waals surface area contributed by atoms with Crippen LogP contribution in [-0.2, 0) is 6.54 Å². The van der Waals surface area contributed by atoms with Gasteiger partial charge in [-0.2, -0.15) is 0 Å². The number of anilines is 1. The van der Waals surface area contributed by atoms with E-state index >= 15 is 0 Å². The molecule has 1 N–H and O–H groups in total. The fourth-order valence-electron chi connectivity index (χ4n) is 1.33. The zero-order valence-electron chi connectivity index (χ0n) is 8.75. The number of nitrogens with zero attached hydrogens (tertiary/aromatic N) is 1. The Balaban J connectivity index is 2.04. The first-order valence-corrected chi connectivity index (χ1v) is 6.08. The van der Waals surface area contributed by atoms with E-state index < -0.39 is 0 Å². The minimum Gasteiger partial charge on any atom is -0.365 e. The van der Waals surface area contributed by atoms with Gasteiger partial charge in [0.05, 0.1) is 10.0 Å². The Bertz CT molecular complexity index is 512. The van der Waals surface area contributed by atoms with Crippen LogP contribution in [0.5, 0.6) is 0 Å². The average molecular weight is 288 g/mol. The number of nitrogens with one attached hydrogen (secondary N) is 1. The van der Waals surface area contributed by atoms with Gasteiger partial charge in [0.2, 0.25) is 0 Å². The average Bonchev–Trinajstić information content (AvgIpc) is 2.30. The number of rotatable bonds is 3. The topological polar surface area (TPSA) is 24.9 Å². The van der Waals surface area contributed by atoms with Gasteiger partial charge in [-0.05, 0) is 23.8 Å². The monoisotopic (exact) mass is 286 g/mol. The van der Waals surface area contributed by atoms with Crippen molar-refractivity contribution in [1.82, 2.24) is 4.98 Å². The highest BCUT2D eigenvalue weighted by Gasteiger charge is 2.02.